The molecule has 28 heavy (non-hydrogen) atoms. The Kier molecular flexibility index (Phi) is 7.98. The predicted molar refractivity (Wildman–Crippen MR) is 114 cm³/mol. The van der Waals surface area contributed by atoms with E-state index in [1.807, 2.05) is 24.3 Å². The van der Waals surface area contributed by atoms with Crippen LogP contribution in [-0.4, -0.2) is 37.1 Å². The van der Waals surface area contributed by atoms with Crippen molar-refractivity contribution < 1.29 is 19.7 Å². The Morgan fingerprint density at radius 2 is 1.82 bits per heavy atom. The summed E-state index contributed by atoms with van der Waals surface area (Å²) in [5.74, 6) is 1.15. The molecule has 0 aromatic heterocycles. The van der Waals surface area contributed by atoms with Crippen molar-refractivity contribution in [2.45, 2.75) is 33.3 Å². The van der Waals surface area contributed by atoms with Gasteiger partial charge in [-0.25, -0.2) is 0 Å². The summed E-state index contributed by atoms with van der Waals surface area (Å²) in [6.45, 7) is 7.44. The van der Waals surface area contributed by atoms with Crippen LogP contribution in [0.15, 0.2) is 36.4 Å². The van der Waals surface area contributed by atoms with E-state index in [4.69, 9.17) is 26.2 Å². The van der Waals surface area contributed by atoms with Crippen molar-refractivity contribution in [2.24, 2.45) is 5.41 Å². The molecule has 1 atom stereocenters. The van der Waals surface area contributed by atoms with E-state index in [1.54, 1.807) is 19.2 Å². The first kappa shape index (κ1) is 22.3. The van der Waals surface area contributed by atoms with E-state index in [0.717, 1.165) is 0 Å². The molecule has 2 aromatic rings. The smallest absolute Gasteiger partial charge is 0.144 e. The van der Waals surface area contributed by atoms with Crippen molar-refractivity contribution in [2.75, 3.05) is 32.2 Å². The van der Waals surface area contributed by atoms with Crippen molar-refractivity contribution >= 4 is 17.3 Å². The van der Waals surface area contributed by atoms with Gasteiger partial charge in [-0.3, -0.25) is 0 Å². The lowest BCUT2D eigenvalue weighted by Gasteiger charge is -2.25. The summed E-state index contributed by atoms with van der Waals surface area (Å²) in [4.78, 5) is 0. The first-order chi connectivity index (χ1) is 13.3. The number of aliphatic hydroxyl groups excluding tert-OH is 2. The molecule has 2 aromatic carbocycles. The fraction of sp³-hybridized carbons (Fsp3) is 0.455. The van der Waals surface area contributed by atoms with Crippen molar-refractivity contribution in [1.29, 1.82) is 0 Å². The minimum absolute atomic E-state index is 0.0225. The number of hydrogen-bond acceptors (Lipinski definition) is 5. The second-order valence-electron chi connectivity index (χ2n) is 7.85. The molecule has 0 unspecified atom stereocenters. The zero-order valence-electron chi connectivity index (χ0n) is 17.0. The maximum absolute atomic E-state index is 11.2. The highest BCUT2D eigenvalue weighted by atomic mass is 35.5. The van der Waals surface area contributed by atoms with Gasteiger partial charge in [0.25, 0.3) is 0 Å². The number of nitrogens with one attached hydrogen (secondary N) is 1. The third-order valence-corrected chi connectivity index (χ3v) is 4.40. The summed E-state index contributed by atoms with van der Waals surface area (Å²) in [6, 6.07) is 10.8. The maximum atomic E-state index is 11.2. The van der Waals surface area contributed by atoms with Crippen LogP contribution in [0.5, 0.6) is 11.5 Å². The predicted octanol–water partition coefficient (Wildman–Crippen LogP) is 4.65. The Morgan fingerprint density at radius 1 is 1.11 bits per heavy atom. The zero-order valence-corrected chi connectivity index (χ0v) is 17.7. The number of ether oxygens (including phenoxy) is 2. The van der Waals surface area contributed by atoms with E-state index in [2.05, 4.69) is 26.1 Å². The third kappa shape index (κ3) is 6.03. The van der Waals surface area contributed by atoms with Gasteiger partial charge in [0, 0.05) is 41.8 Å². The summed E-state index contributed by atoms with van der Waals surface area (Å²) >= 11 is 6.33. The molecule has 154 valence electrons. The zero-order chi connectivity index (χ0) is 20.7. The Morgan fingerprint density at radius 3 is 2.46 bits per heavy atom. The Hall–Kier alpha value is -1.95. The normalized spacial score (nSPS) is 12.5. The SMILES string of the molecule is COc1ccccc1[C@@H](O)c1cc(Cl)cc(OCCCO)c1NCC(C)(C)C. The Balaban J connectivity index is 2.50. The number of aliphatic hydroxyl groups is 2. The molecule has 0 radical (unpaired) electrons. The number of anilines is 1. The lowest BCUT2D eigenvalue weighted by Crippen LogP contribution is -2.21. The number of para-hydroxylation sites is 1. The highest BCUT2D eigenvalue weighted by Crippen LogP contribution is 2.40. The number of hydrogen-bond donors (Lipinski definition) is 3. The molecule has 0 amide bonds. The molecule has 0 aliphatic carbocycles. The molecule has 3 N–H and O–H groups in total. The Labute approximate surface area is 172 Å². The lowest BCUT2D eigenvalue weighted by atomic mass is 9.95. The summed E-state index contributed by atoms with van der Waals surface area (Å²) in [6.07, 6.45) is -0.437. The van der Waals surface area contributed by atoms with Crippen LogP contribution in [0.4, 0.5) is 5.69 Å². The molecular formula is C22H30ClNO4. The topological polar surface area (TPSA) is 71.0 Å². The summed E-state index contributed by atoms with van der Waals surface area (Å²) in [5, 5.41) is 24.1. The molecule has 0 aliphatic heterocycles. The second kappa shape index (κ2) is 10.0. The van der Waals surface area contributed by atoms with Crippen LogP contribution < -0.4 is 14.8 Å². The van der Waals surface area contributed by atoms with Crippen LogP contribution in [0, 0.1) is 5.41 Å². The van der Waals surface area contributed by atoms with Gasteiger partial charge in [-0.05, 0) is 17.5 Å². The fourth-order valence-corrected chi connectivity index (χ4v) is 3.00. The minimum atomic E-state index is -0.947. The average molecular weight is 408 g/mol. The summed E-state index contributed by atoms with van der Waals surface area (Å²) in [5.41, 5.74) is 1.97. The fourth-order valence-electron chi connectivity index (χ4n) is 2.78. The van der Waals surface area contributed by atoms with Crippen LogP contribution in [0.2, 0.25) is 5.02 Å². The van der Waals surface area contributed by atoms with Gasteiger partial charge in [-0.15, -0.1) is 0 Å². The van der Waals surface area contributed by atoms with Gasteiger partial charge in [0.1, 0.15) is 17.6 Å². The standard InChI is InChI=1S/C22H30ClNO4/c1-22(2,3)14-24-20-17(12-15(23)13-19(20)28-11-7-10-25)21(26)16-8-5-6-9-18(16)27-4/h5-6,8-9,12-13,21,24-26H,7,10-11,14H2,1-4H3/t21-/m1/s1. The molecule has 0 aliphatic rings. The number of methoxy groups -OCH3 is 1. The van der Waals surface area contributed by atoms with Gasteiger partial charge in [0.15, 0.2) is 0 Å². The van der Waals surface area contributed by atoms with Gasteiger partial charge in [-0.2, -0.15) is 0 Å². The van der Waals surface area contributed by atoms with Gasteiger partial charge >= 0.3 is 0 Å². The monoisotopic (exact) mass is 407 g/mol. The van der Waals surface area contributed by atoms with Crippen LogP contribution >= 0.6 is 11.6 Å². The summed E-state index contributed by atoms with van der Waals surface area (Å²) < 4.78 is 11.3. The molecule has 0 saturated carbocycles. The van der Waals surface area contributed by atoms with E-state index < -0.39 is 6.10 Å². The summed E-state index contributed by atoms with van der Waals surface area (Å²) in [7, 11) is 1.58. The number of benzene rings is 2. The highest BCUT2D eigenvalue weighted by molar-refractivity contribution is 6.31. The van der Waals surface area contributed by atoms with Crippen molar-refractivity contribution in [3.05, 3.63) is 52.5 Å². The second-order valence-corrected chi connectivity index (χ2v) is 8.29. The molecule has 0 heterocycles. The molecule has 0 saturated heterocycles. The molecule has 6 heteroatoms. The van der Waals surface area contributed by atoms with Gasteiger partial charge in [0.05, 0.1) is 19.4 Å². The van der Waals surface area contributed by atoms with E-state index in [-0.39, 0.29) is 12.0 Å². The van der Waals surface area contributed by atoms with Gasteiger partial charge in [-0.1, -0.05) is 50.6 Å². The molecule has 5 nitrogen and oxygen atoms in total. The molecule has 0 spiro atoms. The number of rotatable bonds is 9. The van der Waals surface area contributed by atoms with Crippen molar-refractivity contribution in [3.63, 3.8) is 0 Å². The van der Waals surface area contributed by atoms with Crippen LogP contribution in [0.25, 0.3) is 0 Å². The lowest BCUT2D eigenvalue weighted by molar-refractivity contribution is 0.213. The van der Waals surface area contributed by atoms with E-state index >= 15 is 0 Å². The quantitative estimate of drug-likeness (QED) is 0.528. The van der Waals surface area contributed by atoms with E-state index in [0.29, 0.717) is 52.9 Å². The van der Waals surface area contributed by atoms with Gasteiger partial charge < -0.3 is 25.0 Å². The van der Waals surface area contributed by atoms with Crippen molar-refractivity contribution in [1.82, 2.24) is 0 Å². The molecule has 0 bridgehead atoms. The largest absolute Gasteiger partial charge is 0.496 e. The first-order valence-corrected chi connectivity index (χ1v) is 9.76. The molecule has 2 rings (SSSR count). The van der Waals surface area contributed by atoms with Crippen LogP contribution in [0.3, 0.4) is 0 Å². The molecule has 0 fully saturated rings. The van der Waals surface area contributed by atoms with Crippen LogP contribution in [0.1, 0.15) is 44.4 Å². The number of halogens is 1. The molecular weight excluding hydrogens is 378 g/mol. The van der Waals surface area contributed by atoms with E-state index in [9.17, 15) is 5.11 Å². The van der Waals surface area contributed by atoms with Crippen molar-refractivity contribution in [3.8, 4) is 11.5 Å². The highest BCUT2D eigenvalue weighted by Gasteiger charge is 2.23. The maximum Gasteiger partial charge on any atom is 0.144 e. The van der Waals surface area contributed by atoms with Crippen LogP contribution in [-0.2, 0) is 0 Å². The minimum Gasteiger partial charge on any atom is -0.496 e. The Bertz CT molecular complexity index is 774. The van der Waals surface area contributed by atoms with E-state index in [1.165, 1.54) is 0 Å². The van der Waals surface area contributed by atoms with Gasteiger partial charge in [0.2, 0.25) is 0 Å². The first-order valence-electron chi connectivity index (χ1n) is 9.39. The third-order valence-electron chi connectivity index (χ3n) is 4.18. The average Bonchev–Trinajstić information content (AvgIpc) is 2.65.